The molecule has 4 aliphatic heterocycles. The number of fused-ring (bicyclic) bond motifs is 1. The van der Waals surface area contributed by atoms with Crippen molar-refractivity contribution < 1.29 is 29.0 Å². The van der Waals surface area contributed by atoms with Crippen LogP contribution in [-0.2, 0) is 23.9 Å². The molecule has 0 aromatic heterocycles. The maximum atomic E-state index is 13.6. The first-order valence-corrected chi connectivity index (χ1v) is 12.9. The molecule has 7 atom stereocenters. The minimum absolute atomic E-state index is 0.132. The number of morpholine rings is 1. The van der Waals surface area contributed by atoms with Crippen LogP contribution in [0.25, 0.3) is 0 Å². The molecule has 11 heteroatoms. The summed E-state index contributed by atoms with van der Waals surface area (Å²) in [5.41, 5.74) is -1.09. The molecule has 10 nitrogen and oxygen atoms in total. The molecule has 0 saturated carbocycles. The van der Waals surface area contributed by atoms with Crippen molar-refractivity contribution in [1.82, 2.24) is 20.4 Å². The zero-order valence-corrected chi connectivity index (χ0v) is 20.9. The van der Waals surface area contributed by atoms with Gasteiger partial charge in [0.05, 0.1) is 43.8 Å². The van der Waals surface area contributed by atoms with Gasteiger partial charge in [-0.25, -0.2) is 0 Å². The zero-order chi connectivity index (χ0) is 23.8. The lowest BCUT2D eigenvalue weighted by atomic mass is 9.70. The predicted molar refractivity (Wildman–Crippen MR) is 123 cm³/mol. The van der Waals surface area contributed by atoms with Crippen molar-refractivity contribution >= 4 is 33.7 Å². The van der Waals surface area contributed by atoms with Gasteiger partial charge in [-0.2, -0.15) is 0 Å². The second kappa shape index (κ2) is 10.2. The molecule has 1 spiro atoms. The Kier molecular flexibility index (Phi) is 7.64. The summed E-state index contributed by atoms with van der Waals surface area (Å²) in [6.07, 6.45) is 0.779. The first kappa shape index (κ1) is 24.8. The van der Waals surface area contributed by atoms with Gasteiger partial charge in [0.1, 0.15) is 11.6 Å². The van der Waals surface area contributed by atoms with E-state index in [-0.39, 0.29) is 29.2 Å². The number of alkyl halides is 1. The molecule has 4 fully saturated rings. The third-order valence-corrected chi connectivity index (χ3v) is 8.24. The number of carbonyl (C=O) groups is 3. The van der Waals surface area contributed by atoms with Gasteiger partial charge in [0.15, 0.2) is 0 Å². The fraction of sp³-hybridized carbons (Fsp3) is 0.864. The van der Waals surface area contributed by atoms with Gasteiger partial charge in [-0.3, -0.25) is 19.3 Å². The van der Waals surface area contributed by atoms with Crippen LogP contribution in [-0.4, -0.2) is 114 Å². The molecule has 3 amide bonds. The van der Waals surface area contributed by atoms with E-state index in [9.17, 15) is 19.5 Å². The normalized spacial score (nSPS) is 36.7. The zero-order valence-electron chi connectivity index (χ0n) is 19.3. The van der Waals surface area contributed by atoms with Crippen LogP contribution in [0.4, 0.5) is 0 Å². The number of nitrogens with one attached hydrogen (secondary N) is 2. The smallest absolute Gasteiger partial charge is 0.245 e. The fourth-order valence-corrected chi connectivity index (χ4v) is 6.80. The lowest BCUT2D eigenvalue weighted by molar-refractivity contribution is -0.145. The van der Waals surface area contributed by atoms with Gasteiger partial charge < -0.3 is 30.1 Å². The summed E-state index contributed by atoms with van der Waals surface area (Å²) >= 11 is 3.64. The molecule has 0 aliphatic carbocycles. The van der Waals surface area contributed by atoms with Crippen LogP contribution in [0.5, 0.6) is 0 Å². The van der Waals surface area contributed by atoms with Crippen molar-refractivity contribution in [2.24, 2.45) is 11.8 Å². The minimum Gasteiger partial charge on any atom is -0.394 e. The van der Waals surface area contributed by atoms with Crippen molar-refractivity contribution in [2.75, 3.05) is 52.5 Å². The second-order valence-corrected chi connectivity index (χ2v) is 10.7. The number of carbonyl (C=O) groups excluding carboxylic acids is 3. The lowest BCUT2D eigenvalue weighted by Gasteiger charge is -2.36. The van der Waals surface area contributed by atoms with E-state index in [0.717, 1.165) is 19.5 Å². The maximum Gasteiger partial charge on any atom is 0.245 e. The van der Waals surface area contributed by atoms with Crippen LogP contribution < -0.4 is 10.6 Å². The van der Waals surface area contributed by atoms with Gasteiger partial charge in [-0.15, -0.1) is 0 Å². The van der Waals surface area contributed by atoms with E-state index in [1.165, 1.54) is 4.90 Å². The SMILES string of the molecule is CCCNC(=O)[C@H]1[C@@H]2OC3(CC2Br)C(C(=O)NCCN2CCOCC2)N([C@H](C)CO)C(=O)[C@H]13. The van der Waals surface area contributed by atoms with Crippen molar-refractivity contribution in [3.8, 4) is 0 Å². The molecule has 4 rings (SSSR count). The lowest BCUT2D eigenvalue weighted by Crippen LogP contribution is -2.58. The molecule has 3 N–H and O–H groups in total. The van der Waals surface area contributed by atoms with Crippen molar-refractivity contribution in [2.45, 2.75) is 55.3 Å². The van der Waals surface area contributed by atoms with E-state index in [1.54, 1.807) is 6.92 Å². The predicted octanol–water partition coefficient (Wildman–Crippen LogP) is -0.910. The van der Waals surface area contributed by atoms with Crippen molar-refractivity contribution in [1.29, 1.82) is 0 Å². The van der Waals surface area contributed by atoms with Gasteiger partial charge in [-0.05, 0) is 19.8 Å². The Hall–Kier alpha value is -1.27. The fourth-order valence-electron chi connectivity index (χ4n) is 5.85. The maximum absolute atomic E-state index is 13.6. The molecule has 33 heavy (non-hydrogen) atoms. The number of aliphatic hydroxyl groups excluding tert-OH is 1. The third-order valence-electron chi connectivity index (χ3n) is 7.40. The first-order valence-electron chi connectivity index (χ1n) is 12.0. The molecular weight excluding hydrogens is 496 g/mol. The molecule has 4 heterocycles. The van der Waals surface area contributed by atoms with Crippen LogP contribution in [0, 0.1) is 11.8 Å². The Morgan fingerprint density at radius 3 is 2.61 bits per heavy atom. The van der Waals surface area contributed by atoms with Gasteiger partial charge >= 0.3 is 0 Å². The van der Waals surface area contributed by atoms with E-state index in [0.29, 0.717) is 39.3 Å². The number of halogens is 1. The Bertz CT molecular complexity index is 765. The Balaban J connectivity index is 1.56. The Morgan fingerprint density at radius 2 is 1.94 bits per heavy atom. The van der Waals surface area contributed by atoms with Crippen LogP contribution in [0.2, 0.25) is 0 Å². The summed E-state index contributed by atoms with van der Waals surface area (Å²) in [5.74, 6) is -2.20. The van der Waals surface area contributed by atoms with Crippen LogP contribution in [0.15, 0.2) is 0 Å². The molecule has 0 radical (unpaired) electrons. The second-order valence-electron chi connectivity index (χ2n) is 9.48. The summed E-state index contributed by atoms with van der Waals surface area (Å²) in [7, 11) is 0. The molecule has 4 aliphatic rings. The number of nitrogens with zero attached hydrogens (tertiary/aromatic N) is 2. The van der Waals surface area contributed by atoms with Gasteiger partial charge in [0, 0.05) is 37.6 Å². The molecule has 0 aromatic carbocycles. The summed E-state index contributed by atoms with van der Waals surface area (Å²) in [4.78, 5) is 43.7. The molecule has 3 unspecified atom stereocenters. The highest BCUT2D eigenvalue weighted by atomic mass is 79.9. The number of likely N-dealkylation sites (tertiary alicyclic amines) is 1. The summed E-state index contributed by atoms with van der Waals surface area (Å²) in [6.45, 7) is 8.06. The van der Waals surface area contributed by atoms with Crippen LogP contribution in [0.3, 0.4) is 0 Å². The Morgan fingerprint density at radius 1 is 1.24 bits per heavy atom. The van der Waals surface area contributed by atoms with Gasteiger partial charge in [0.2, 0.25) is 17.7 Å². The summed E-state index contributed by atoms with van der Waals surface area (Å²) < 4.78 is 11.8. The highest BCUT2D eigenvalue weighted by molar-refractivity contribution is 9.09. The molecule has 186 valence electrons. The number of hydrogen-bond acceptors (Lipinski definition) is 7. The third kappa shape index (κ3) is 4.31. The number of hydrogen-bond donors (Lipinski definition) is 3. The molecular formula is C22H35BrN4O6. The minimum atomic E-state index is -1.09. The molecule has 2 bridgehead atoms. The number of aliphatic hydroxyl groups is 1. The van der Waals surface area contributed by atoms with E-state index < -0.39 is 35.6 Å². The highest BCUT2D eigenvalue weighted by Crippen LogP contribution is 2.60. The molecule has 0 aromatic rings. The van der Waals surface area contributed by atoms with Crippen LogP contribution in [0.1, 0.15) is 26.7 Å². The number of rotatable bonds is 9. The topological polar surface area (TPSA) is 120 Å². The van der Waals surface area contributed by atoms with Crippen molar-refractivity contribution in [3.05, 3.63) is 0 Å². The van der Waals surface area contributed by atoms with Crippen LogP contribution >= 0.6 is 15.9 Å². The van der Waals surface area contributed by atoms with Gasteiger partial charge in [-0.1, -0.05) is 22.9 Å². The average Bonchev–Trinajstić information content (AvgIpc) is 3.41. The number of ether oxygens (including phenoxy) is 2. The number of amides is 3. The monoisotopic (exact) mass is 530 g/mol. The average molecular weight is 531 g/mol. The standard InChI is InChI=1S/C22H35BrN4O6/c1-3-4-24-19(29)15-16-21(31)27(13(2)12-28)18(22(16)11-14(23)17(15)33-22)20(30)25-5-6-26-7-9-32-10-8-26/h13-18,28H,3-12H2,1-2H3,(H,24,29)(H,25,30)/t13-,14?,15-,16+,17-,18?,22?/m1/s1. The van der Waals surface area contributed by atoms with E-state index >= 15 is 0 Å². The summed E-state index contributed by atoms with van der Waals surface area (Å²) in [5, 5.41) is 15.8. The quantitative estimate of drug-likeness (QED) is 0.330. The summed E-state index contributed by atoms with van der Waals surface area (Å²) in [6, 6.07) is -1.46. The van der Waals surface area contributed by atoms with E-state index in [2.05, 4.69) is 31.5 Å². The molecule has 4 saturated heterocycles. The highest BCUT2D eigenvalue weighted by Gasteiger charge is 2.76. The van der Waals surface area contributed by atoms with Crippen molar-refractivity contribution in [3.63, 3.8) is 0 Å². The van der Waals surface area contributed by atoms with E-state index in [4.69, 9.17) is 9.47 Å². The van der Waals surface area contributed by atoms with Gasteiger partial charge in [0.25, 0.3) is 0 Å². The Labute approximate surface area is 202 Å². The first-order chi connectivity index (χ1) is 15.9. The van der Waals surface area contributed by atoms with E-state index in [1.807, 2.05) is 6.92 Å². The largest absolute Gasteiger partial charge is 0.394 e.